The number of ketones is 1. The highest BCUT2D eigenvalue weighted by molar-refractivity contribution is 7.18. The molecule has 0 saturated heterocycles. The van der Waals surface area contributed by atoms with Crippen LogP contribution in [0.1, 0.15) is 28.2 Å². The quantitative estimate of drug-likeness (QED) is 0.433. The first-order valence-corrected chi connectivity index (χ1v) is 10.0. The van der Waals surface area contributed by atoms with E-state index in [1.165, 1.54) is 0 Å². The Bertz CT molecular complexity index is 1130. The summed E-state index contributed by atoms with van der Waals surface area (Å²) in [6, 6.07) is 21.6. The number of benzene rings is 3. The number of aromatic nitrogens is 1. The van der Waals surface area contributed by atoms with Crippen LogP contribution in [0, 0.1) is 0 Å². The minimum absolute atomic E-state index is 0.00695. The molecule has 1 heterocycles. The summed E-state index contributed by atoms with van der Waals surface area (Å²) >= 11 is 1.59. The summed E-state index contributed by atoms with van der Waals surface area (Å²) in [5.41, 5.74) is 1.61. The van der Waals surface area contributed by atoms with Crippen LogP contribution < -0.4 is 0 Å². The first-order valence-electron chi connectivity index (χ1n) is 9.20. The Morgan fingerprint density at radius 2 is 1.68 bits per heavy atom. The van der Waals surface area contributed by atoms with Gasteiger partial charge in [-0.1, -0.05) is 48.5 Å². The van der Waals surface area contributed by atoms with Gasteiger partial charge in [0.2, 0.25) is 5.91 Å². The molecule has 0 saturated carbocycles. The van der Waals surface area contributed by atoms with Gasteiger partial charge in [-0.2, -0.15) is 0 Å². The molecule has 0 N–H and O–H groups in total. The number of nitrogens with zero attached hydrogens (tertiary/aromatic N) is 2. The monoisotopic (exact) mass is 388 g/mol. The molecule has 0 aliphatic carbocycles. The molecular formula is C23H20N2O2S. The summed E-state index contributed by atoms with van der Waals surface area (Å²) < 4.78 is 1.12. The Kier molecular flexibility index (Phi) is 5.17. The van der Waals surface area contributed by atoms with E-state index in [-0.39, 0.29) is 24.5 Å². The van der Waals surface area contributed by atoms with E-state index in [2.05, 4.69) is 4.98 Å². The summed E-state index contributed by atoms with van der Waals surface area (Å²) in [6.07, 6.45) is 0.411. The summed E-state index contributed by atoms with van der Waals surface area (Å²) in [7, 11) is 1.76. The maximum atomic E-state index is 12.5. The van der Waals surface area contributed by atoms with Gasteiger partial charge in [-0.25, -0.2) is 4.98 Å². The fourth-order valence-electron chi connectivity index (χ4n) is 3.20. The number of rotatable bonds is 6. The van der Waals surface area contributed by atoms with E-state index in [9.17, 15) is 9.59 Å². The highest BCUT2D eigenvalue weighted by Gasteiger charge is 2.15. The molecule has 4 aromatic rings. The Labute approximate surface area is 167 Å². The predicted octanol–water partition coefficient (Wildman–Crippen LogP) is 5.07. The second kappa shape index (κ2) is 7.90. The van der Waals surface area contributed by atoms with Gasteiger partial charge in [0.05, 0.1) is 16.8 Å². The van der Waals surface area contributed by atoms with Crippen LogP contribution in [0.2, 0.25) is 0 Å². The van der Waals surface area contributed by atoms with Gasteiger partial charge < -0.3 is 4.90 Å². The molecule has 0 aliphatic rings. The van der Waals surface area contributed by atoms with Crippen molar-refractivity contribution in [3.8, 4) is 0 Å². The summed E-state index contributed by atoms with van der Waals surface area (Å²) in [5.74, 6) is -0.0547. The molecule has 1 amide bonds. The molecule has 4 nitrogen and oxygen atoms in total. The third-order valence-corrected chi connectivity index (χ3v) is 5.79. The van der Waals surface area contributed by atoms with E-state index in [1.807, 2.05) is 66.7 Å². The van der Waals surface area contributed by atoms with Crippen molar-refractivity contribution >= 4 is 44.0 Å². The molecule has 1 aromatic heterocycles. The predicted molar refractivity (Wildman–Crippen MR) is 114 cm³/mol. The van der Waals surface area contributed by atoms with Crippen LogP contribution in [0.3, 0.4) is 0 Å². The molecule has 0 fully saturated rings. The topological polar surface area (TPSA) is 50.3 Å². The van der Waals surface area contributed by atoms with E-state index in [0.29, 0.717) is 12.1 Å². The minimum atomic E-state index is -0.0478. The van der Waals surface area contributed by atoms with Crippen LogP contribution in [0.25, 0.3) is 21.0 Å². The maximum Gasteiger partial charge on any atom is 0.223 e. The molecular weight excluding hydrogens is 368 g/mol. The molecule has 28 heavy (non-hydrogen) atoms. The first kappa shape index (κ1) is 18.3. The third-order valence-electron chi connectivity index (χ3n) is 4.77. The van der Waals surface area contributed by atoms with E-state index in [0.717, 1.165) is 26.0 Å². The standard InChI is InChI=1S/C23H20N2O2S/c1-25(15-22-24-19-8-4-5-9-21(19)28-22)23(27)13-12-20(26)18-11-10-16-6-2-3-7-17(16)14-18/h2-11,14H,12-13,15H2,1H3. The third kappa shape index (κ3) is 3.94. The molecule has 0 spiro atoms. The zero-order valence-electron chi connectivity index (χ0n) is 15.6. The molecule has 0 radical (unpaired) electrons. The van der Waals surface area contributed by atoms with Gasteiger partial charge in [-0.3, -0.25) is 9.59 Å². The Hall–Kier alpha value is -3.05. The van der Waals surface area contributed by atoms with Gasteiger partial charge in [0.1, 0.15) is 5.01 Å². The lowest BCUT2D eigenvalue weighted by Gasteiger charge is -2.15. The molecule has 4 rings (SSSR count). The lowest BCUT2D eigenvalue weighted by Crippen LogP contribution is -2.26. The molecule has 0 aliphatic heterocycles. The van der Waals surface area contributed by atoms with Crippen LogP contribution >= 0.6 is 11.3 Å². The fraction of sp³-hybridized carbons (Fsp3) is 0.174. The second-order valence-electron chi connectivity index (χ2n) is 6.81. The van der Waals surface area contributed by atoms with Crippen LogP contribution in [0.4, 0.5) is 0 Å². The van der Waals surface area contributed by atoms with Crippen LogP contribution in [0.15, 0.2) is 66.7 Å². The minimum Gasteiger partial charge on any atom is -0.339 e. The SMILES string of the molecule is CN(Cc1nc2ccccc2s1)C(=O)CCC(=O)c1ccc2ccccc2c1. The molecule has 3 aromatic carbocycles. The van der Waals surface area contributed by atoms with Gasteiger partial charge in [-0.15, -0.1) is 11.3 Å². The van der Waals surface area contributed by atoms with E-state index in [4.69, 9.17) is 0 Å². The average molecular weight is 388 g/mol. The first-order chi connectivity index (χ1) is 13.6. The number of carbonyl (C=O) groups is 2. The molecule has 0 atom stereocenters. The number of thiazole rings is 1. The second-order valence-corrected chi connectivity index (χ2v) is 7.93. The highest BCUT2D eigenvalue weighted by Crippen LogP contribution is 2.23. The number of carbonyl (C=O) groups excluding carboxylic acids is 2. The van der Waals surface area contributed by atoms with Crippen molar-refractivity contribution in [2.75, 3.05) is 7.05 Å². The van der Waals surface area contributed by atoms with Crippen LogP contribution in [-0.2, 0) is 11.3 Å². The van der Waals surface area contributed by atoms with Crippen LogP contribution in [0.5, 0.6) is 0 Å². The van der Waals surface area contributed by atoms with Crippen molar-refractivity contribution in [3.63, 3.8) is 0 Å². The fourth-order valence-corrected chi connectivity index (χ4v) is 4.22. The largest absolute Gasteiger partial charge is 0.339 e. The smallest absolute Gasteiger partial charge is 0.223 e. The number of amides is 1. The van der Waals surface area contributed by atoms with E-state index < -0.39 is 0 Å². The number of para-hydroxylation sites is 1. The average Bonchev–Trinajstić information content (AvgIpc) is 3.13. The maximum absolute atomic E-state index is 12.5. The number of hydrogen-bond donors (Lipinski definition) is 0. The normalized spacial score (nSPS) is 11.0. The molecule has 0 bridgehead atoms. The number of fused-ring (bicyclic) bond motifs is 2. The van der Waals surface area contributed by atoms with Gasteiger partial charge in [0.25, 0.3) is 0 Å². The van der Waals surface area contributed by atoms with Gasteiger partial charge in [0.15, 0.2) is 5.78 Å². The van der Waals surface area contributed by atoms with Gasteiger partial charge >= 0.3 is 0 Å². The van der Waals surface area contributed by atoms with Crippen LogP contribution in [-0.4, -0.2) is 28.6 Å². The lowest BCUT2D eigenvalue weighted by atomic mass is 10.0. The highest BCUT2D eigenvalue weighted by atomic mass is 32.1. The Morgan fingerprint density at radius 3 is 2.50 bits per heavy atom. The zero-order chi connectivity index (χ0) is 19.5. The van der Waals surface area contributed by atoms with Crippen molar-refractivity contribution in [1.82, 2.24) is 9.88 Å². The number of Topliss-reactive ketones (excluding diaryl/α,β-unsaturated/α-hetero) is 1. The van der Waals surface area contributed by atoms with E-state index in [1.54, 1.807) is 23.3 Å². The summed E-state index contributed by atoms with van der Waals surface area (Å²) in [5, 5.41) is 3.04. The summed E-state index contributed by atoms with van der Waals surface area (Å²) in [6.45, 7) is 0.461. The van der Waals surface area contributed by atoms with Crippen molar-refractivity contribution in [2.24, 2.45) is 0 Å². The van der Waals surface area contributed by atoms with Crippen molar-refractivity contribution < 1.29 is 9.59 Å². The molecule has 5 heteroatoms. The molecule has 0 unspecified atom stereocenters. The number of hydrogen-bond acceptors (Lipinski definition) is 4. The van der Waals surface area contributed by atoms with Crippen molar-refractivity contribution in [1.29, 1.82) is 0 Å². The van der Waals surface area contributed by atoms with E-state index >= 15 is 0 Å². The van der Waals surface area contributed by atoms with Crippen molar-refractivity contribution in [2.45, 2.75) is 19.4 Å². The Morgan fingerprint density at radius 1 is 0.929 bits per heavy atom. The zero-order valence-corrected chi connectivity index (χ0v) is 16.4. The van der Waals surface area contributed by atoms with Gasteiger partial charge in [0, 0.05) is 25.5 Å². The van der Waals surface area contributed by atoms with Crippen molar-refractivity contribution in [3.05, 3.63) is 77.3 Å². The van der Waals surface area contributed by atoms with Gasteiger partial charge in [-0.05, 0) is 29.0 Å². The summed E-state index contributed by atoms with van der Waals surface area (Å²) in [4.78, 5) is 31.2. The molecule has 140 valence electrons. The lowest BCUT2D eigenvalue weighted by molar-refractivity contribution is -0.130. The Balaban J connectivity index is 1.36.